The molecule has 0 aromatic heterocycles. The minimum atomic E-state index is 0.121. The van der Waals surface area contributed by atoms with Crippen molar-refractivity contribution < 1.29 is 14.2 Å². The first-order valence-corrected chi connectivity index (χ1v) is 8.41. The summed E-state index contributed by atoms with van der Waals surface area (Å²) in [7, 11) is 3.37. The fourth-order valence-electron chi connectivity index (χ4n) is 4.05. The molecule has 2 aliphatic rings. The van der Waals surface area contributed by atoms with Crippen LogP contribution in [0.3, 0.4) is 0 Å². The Hall–Kier alpha value is -2.04. The van der Waals surface area contributed by atoms with Crippen LogP contribution in [-0.4, -0.2) is 32.0 Å². The van der Waals surface area contributed by atoms with Gasteiger partial charge >= 0.3 is 0 Å². The fourth-order valence-corrected chi connectivity index (χ4v) is 4.05. The van der Waals surface area contributed by atoms with Gasteiger partial charge in [0.15, 0.2) is 11.5 Å². The van der Waals surface area contributed by atoms with E-state index < -0.39 is 0 Å². The molecule has 0 unspecified atom stereocenters. The Kier molecular flexibility index (Phi) is 3.94. The van der Waals surface area contributed by atoms with Crippen molar-refractivity contribution >= 4 is 0 Å². The van der Waals surface area contributed by atoms with Gasteiger partial charge in [0.25, 0.3) is 0 Å². The second-order valence-electron chi connectivity index (χ2n) is 6.45. The van der Waals surface area contributed by atoms with Gasteiger partial charge in [0.05, 0.1) is 26.9 Å². The SMILES string of the molecule is COc1cc2c(cc1OC)[C@H](C)N1[C@H](C2)OC[C@H]1c1ccccc1. The van der Waals surface area contributed by atoms with Gasteiger partial charge in [-0.25, -0.2) is 0 Å². The van der Waals surface area contributed by atoms with E-state index in [2.05, 4.69) is 54.3 Å². The van der Waals surface area contributed by atoms with Crippen LogP contribution in [0.1, 0.15) is 35.7 Å². The van der Waals surface area contributed by atoms with E-state index in [4.69, 9.17) is 14.2 Å². The molecule has 126 valence electrons. The molecule has 2 heterocycles. The minimum absolute atomic E-state index is 0.121. The van der Waals surface area contributed by atoms with Gasteiger partial charge in [-0.15, -0.1) is 0 Å². The lowest BCUT2D eigenvalue weighted by molar-refractivity contribution is 0.000668. The van der Waals surface area contributed by atoms with Gasteiger partial charge in [-0.3, -0.25) is 4.90 Å². The molecule has 4 heteroatoms. The van der Waals surface area contributed by atoms with Crippen LogP contribution < -0.4 is 9.47 Å². The van der Waals surface area contributed by atoms with Gasteiger partial charge in [-0.05, 0) is 35.7 Å². The maximum Gasteiger partial charge on any atom is 0.161 e. The van der Waals surface area contributed by atoms with Crippen molar-refractivity contribution in [3.05, 3.63) is 59.2 Å². The van der Waals surface area contributed by atoms with Crippen molar-refractivity contribution in [1.82, 2.24) is 4.90 Å². The van der Waals surface area contributed by atoms with Crippen molar-refractivity contribution in [2.45, 2.75) is 31.7 Å². The summed E-state index contributed by atoms with van der Waals surface area (Å²) in [5, 5.41) is 0. The second-order valence-corrected chi connectivity index (χ2v) is 6.45. The molecule has 0 bridgehead atoms. The lowest BCUT2D eigenvalue weighted by Gasteiger charge is -2.39. The second kappa shape index (κ2) is 6.11. The van der Waals surface area contributed by atoms with Crippen molar-refractivity contribution in [3.63, 3.8) is 0 Å². The first kappa shape index (κ1) is 15.5. The fraction of sp³-hybridized carbons (Fsp3) is 0.400. The third-order valence-electron chi connectivity index (χ3n) is 5.26. The van der Waals surface area contributed by atoms with E-state index in [9.17, 15) is 0 Å². The largest absolute Gasteiger partial charge is 0.493 e. The van der Waals surface area contributed by atoms with E-state index in [-0.39, 0.29) is 12.3 Å². The Morgan fingerprint density at radius 3 is 2.46 bits per heavy atom. The van der Waals surface area contributed by atoms with E-state index in [1.54, 1.807) is 14.2 Å². The third kappa shape index (κ3) is 2.38. The van der Waals surface area contributed by atoms with Crippen molar-refractivity contribution in [3.8, 4) is 11.5 Å². The van der Waals surface area contributed by atoms with Gasteiger partial charge in [0.2, 0.25) is 0 Å². The zero-order valence-corrected chi connectivity index (χ0v) is 14.4. The monoisotopic (exact) mass is 325 g/mol. The normalized spacial score (nSPS) is 25.9. The zero-order valence-electron chi connectivity index (χ0n) is 14.4. The first-order chi connectivity index (χ1) is 11.7. The molecular formula is C20H23NO3. The number of nitrogens with zero attached hydrogens (tertiary/aromatic N) is 1. The van der Waals surface area contributed by atoms with Crippen molar-refractivity contribution in [1.29, 1.82) is 0 Å². The summed E-state index contributed by atoms with van der Waals surface area (Å²) < 4.78 is 17.1. The molecule has 2 aromatic rings. The summed E-state index contributed by atoms with van der Waals surface area (Å²) in [6.45, 7) is 2.99. The molecule has 0 aliphatic carbocycles. The van der Waals surface area contributed by atoms with E-state index in [1.807, 2.05) is 0 Å². The Balaban J connectivity index is 1.73. The Morgan fingerprint density at radius 1 is 1.04 bits per heavy atom. The highest BCUT2D eigenvalue weighted by atomic mass is 16.5. The number of methoxy groups -OCH3 is 2. The molecule has 0 radical (unpaired) electrons. The average Bonchev–Trinajstić information content (AvgIpc) is 3.05. The Labute approximate surface area is 142 Å². The van der Waals surface area contributed by atoms with E-state index in [0.717, 1.165) is 24.5 Å². The van der Waals surface area contributed by atoms with Crippen LogP contribution in [-0.2, 0) is 11.2 Å². The Bertz CT molecular complexity index is 731. The molecule has 2 aliphatic heterocycles. The maximum absolute atomic E-state index is 6.14. The standard InChI is InChI=1S/C20H23NO3/c1-13-16-11-19(23-3)18(22-2)9-15(16)10-20-21(13)17(12-24-20)14-7-5-4-6-8-14/h4-9,11,13,17,20H,10,12H2,1-3H3/t13-,17-,20-/m0/s1. The quantitative estimate of drug-likeness (QED) is 0.860. The van der Waals surface area contributed by atoms with E-state index in [0.29, 0.717) is 6.04 Å². The molecule has 0 amide bonds. The summed E-state index contributed by atoms with van der Waals surface area (Å²) >= 11 is 0. The van der Waals surface area contributed by atoms with Crippen LogP contribution in [0.2, 0.25) is 0 Å². The number of hydrogen-bond acceptors (Lipinski definition) is 4. The van der Waals surface area contributed by atoms with E-state index in [1.165, 1.54) is 16.7 Å². The van der Waals surface area contributed by atoms with Crippen molar-refractivity contribution in [2.24, 2.45) is 0 Å². The molecule has 2 aromatic carbocycles. The first-order valence-electron chi connectivity index (χ1n) is 8.41. The molecule has 24 heavy (non-hydrogen) atoms. The summed E-state index contributed by atoms with van der Waals surface area (Å²) in [6, 6.07) is 15.4. The molecule has 3 atom stereocenters. The van der Waals surface area contributed by atoms with Crippen LogP contribution in [0.4, 0.5) is 0 Å². The summed E-state index contributed by atoms with van der Waals surface area (Å²) in [6.07, 6.45) is 0.999. The highest BCUT2D eigenvalue weighted by molar-refractivity contribution is 5.49. The number of fused-ring (bicyclic) bond motifs is 2. The van der Waals surface area contributed by atoms with E-state index >= 15 is 0 Å². The predicted octanol–water partition coefficient (Wildman–Crippen LogP) is 3.72. The summed E-state index contributed by atoms with van der Waals surface area (Å²) in [4.78, 5) is 2.49. The number of benzene rings is 2. The molecule has 1 saturated heterocycles. The summed E-state index contributed by atoms with van der Waals surface area (Å²) in [5.74, 6) is 1.58. The van der Waals surface area contributed by atoms with Gasteiger partial charge in [0, 0.05) is 12.5 Å². The number of ether oxygens (including phenoxy) is 3. The average molecular weight is 325 g/mol. The number of rotatable bonds is 3. The van der Waals surface area contributed by atoms with Crippen molar-refractivity contribution in [2.75, 3.05) is 20.8 Å². The molecule has 1 fully saturated rings. The third-order valence-corrected chi connectivity index (χ3v) is 5.26. The van der Waals surface area contributed by atoms with Crippen LogP contribution in [0.25, 0.3) is 0 Å². The van der Waals surface area contributed by atoms with Gasteiger partial charge in [0.1, 0.15) is 6.23 Å². The summed E-state index contributed by atoms with van der Waals surface area (Å²) in [5.41, 5.74) is 3.90. The Morgan fingerprint density at radius 2 is 1.75 bits per heavy atom. The van der Waals surface area contributed by atoms with Gasteiger partial charge in [-0.1, -0.05) is 30.3 Å². The van der Waals surface area contributed by atoms with Gasteiger partial charge in [-0.2, -0.15) is 0 Å². The smallest absolute Gasteiger partial charge is 0.161 e. The predicted molar refractivity (Wildman–Crippen MR) is 92.4 cm³/mol. The van der Waals surface area contributed by atoms with Crippen LogP contribution in [0, 0.1) is 0 Å². The lowest BCUT2D eigenvalue weighted by Crippen LogP contribution is -2.40. The highest BCUT2D eigenvalue weighted by Crippen LogP contribution is 2.46. The maximum atomic E-state index is 6.14. The zero-order chi connectivity index (χ0) is 16.7. The molecular weight excluding hydrogens is 302 g/mol. The molecule has 0 N–H and O–H groups in total. The molecule has 4 nitrogen and oxygen atoms in total. The highest BCUT2D eigenvalue weighted by Gasteiger charge is 2.42. The molecule has 0 saturated carbocycles. The lowest BCUT2D eigenvalue weighted by atomic mass is 9.90. The van der Waals surface area contributed by atoms with Crippen LogP contribution in [0.5, 0.6) is 11.5 Å². The van der Waals surface area contributed by atoms with Gasteiger partial charge < -0.3 is 14.2 Å². The minimum Gasteiger partial charge on any atom is -0.493 e. The van der Waals surface area contributed by atoms with Crippen LogP contribution in [0.15, 0.2) is 42.5 Å². The topological polar surface area (TPSA) is 30.9 Å². The molecule has 0 spiro atoms. The number of hydrogen-bond donors (Lipinski definition) is 0. The van der Waals surface area contributed by atoms with Crippen LogP contribution >= 0.6 is 0 Å². The molecule has 4 rings (SSSR count).